The van der Waals surface area contributed by atoms with Crippen LogP contribution in [0.3, 0.4) is 0 Å². The number of hydrogen-bond acceptors (Lipinski definition) is 5. The van der Waals surface area contributed by atoms with Crippen molar-refractivity contribution in [1.29, 1.82) is 5.26 Å². The van der Waals surface area contributed by atoms with Gasteiger partial charge in [-0.25, -0.2) is 4.79 Å². The molecule has 3 rings (SSSR count). The summed E-state index contributed by atoms with van der Waals surface area (Å²) < 4.78 is 12.7. The summed E-state index contributed by atoms with van der Waals surface area (Å²) in [6, 6.07) is 9.37. The standard InChI is InChI=1S/C20H18N2O4/c1-4-10-22-16-9-7-6-8-14(16)17-18(22)26-11-15(13(3)23)20(17,12-21)19(24)25-5-2/h4,6-9,11H,1,5,10H2,2-3H3. The van der Waals surface area contributed by atoms with E-state index >= 15 is 0 Å². The number of rotatable bonds is 5. The Morgan fingerprint density at radius 3 is 2.77 bits per heavy atom. The number of Topliss-reactive ketones (excluding diaryl/α,β-unsaturated/α-hetero) is 1. The Hall–Kier alpha value is -3.33. The maximum atomic E-state index is 12.9. The van der Waals surface area contributed by atoms with Crippen molar-refractivity contribution >= 4 is 22.7 Å². The molecule has 0 fully saturated rings. The van der Waals surface area contributed by atoms with Gasteiger partial charge in [-0.15, -0.1) is 6.58 Å². The number of carbonyl (C=O) groups is 2. The minimum Gasteiger partial charge on any atom is -0.464 e. The fourth-order valence-electron chi connectivity index (χ4n) is 3.37. The lowest BCUT2D eigenvalue weighted by Gasteiger charge is -2.29. The van der Waals surface area contributed by atoms with E-state index in [4.69, 9.17) is 9.47 Å². The van der Waals surface area contributed by atoms with Gasteiger partial charge in [-0.05, 0) is 19.9 Å². The first-order valence-corrected chi connectivity index (χ1v) is 8.22. The van der Waals surface area contributed by atoms with Crippen LogP contribution < -0.4 is 4.74 Å². The molecule has 1 unspecified atom stereocenters. The number of ether oxygens (including phenoxy) is 2. The number of benzene rings is 1. The van der Waals surface area contributed by atoms with Gasteiger partial charge in [0.05, 0.1) is 29.3 Å². The van der Waals surface area contributed by atoms with E-state index in [-0.39, 0.29) is 12.2 Å². The zero-order chi connectivity index (χ0) is 18.9. The van der Waals surface area contributed by atoms with Crippen LogP contribution in [0.15, 0.2) is 48.8 Å². The predicted molar refractivity (Wildman–Crippen MR) is 95.5 cm³/mol. The van der Waals surface area contributed by atoms with Crippen molar-refractivity contribution < 1.29 is 19.1 Å². The molecule has 6 heteroatoms. The van der Waals surface area contributed by atoms with E-state index in [2.05, 4.69) is 12.6 Å². The van der Waals surface area contributed by atoms with Gasteiger partial charge in [0.1, 0.15) is 6.26 Å². The third-order valence-corrected chi connectivity index (χ3v) is 4.43. The number of ketones is 1. The molecule has 0 aliphatic carbocycles. The van der Waals surface area contributed by atoms with Crippen LogP contribution in [0.4, 0.5) is 0 Å². The number of nitriles is 1. The normalized spacial score (nSPS) is 18.3. The fourth-order valence-corrected chi connectivity index (χ4v) is 3.37. The van der Waals surface area contributed by atoms with E-state index < -0.39 is 17.2 Å². The van der Waals surface area contributed by atoms with Gasteiger partial charge in [-0.3, -0.25) is 4.79 Å². The molecule has 0 saturated heterocycles. The second-order valence-electron chi connectivity index (χ2n) is 5.88. The molecule has 0 N–H and O–H groups in total. The number of para-hydroxylation sites is 1. The number of esters is 1. The van der Waals surface area contributed by atoms with E-state index in [9.17, 15) is 14.9 Å². The zero-order valence-corrected chi connectivity index (χ0v) is 14.6. The van der Waals surface area contributed by atoms with E-state index in [1.165, 1.54) is 13.2 Å². The second-order valence-corrected chi connectivity index (χ2v) is 5.88. The summed E-state index contributed by atoms with van der Waals surface area (Å²) >= 11 is 0. The highest BCUT2D eigenvalue weighted by Crippen LogP contribution is 2.48. The molecule has 0 bridgehead atoms. The Bertz CT molecular complexity index is 993. The highest BCUT2D eigenvalue weighted by Gasteiger charge is 2.54. The van der Waals surface area contributed by atoms with Gasteiger partial charge in [0, 0.05) is 11.9 Å². The summed E-state index contributed by atoms with van der Waals surface area (Å²) in [5.74, 6) is -0.869. The van der Waals surface area contributed by atoms with Crippen LogP contribution >= 0.6 is 0 Å². The number of carbonyl (C=O) groups excluding carboxylic acids is 2. The van der Waals surface area contributed by atoms with E-state index in [1.54, 1.807) is 25.1 Å². The maximum absolute atomic E-state index is 12.9. The van der Waals surface area contributed by atoms with Crippen molar-refractivity contribution in [3.8, 4) is 11.9 Å². The molecule has 6 nitrogen and oxygen atoms in total. The number of nitrogens with zero attached hydrogens (tertiary/aromatic N) is 2. The topological polar surface area (TPSA) is 81.3 Å². The maximum Gasteiger partial charge on any atom is 0.336 e. The number of fused-ring (bicyclic) bond motifs is 3. The highest BCUT2D eigenvalue weighted by molar-refractivity contribution is 6.10. The van der Waals surface area contributed by atoms with Crippen LogP contribution in [-0.2, 0) is 26.3 Å². The van der Waals surface area contributed by atoms with E-state index in [0.717, 1.165) is 5.52 Å². The molecule has 1 aromatic heterocycles. The summed E-state index contributed by atoms with van der Waals surface area (Å²) in [7, 11) is 0. The molecule has 2 heterocycles. The predicted octanol–water partition coefficient (Wildman–Crippen LogP) is 3.02. The molecule has 0 amide bonds. The molecule has 132 valence electrons. The highest BCUT2D eigenvalue weighted by atomic mass is 16.5. The van der Waals surface area contributed by atoms with Crippen molar-refractivity contribution in [1.82, 2.24) is 4.57 Å². The van der Waals surface area contributed by atoms with Crippen LogP contribution in [-0.4, -0.2) is 22.9 Å². The molecule has 1 atom stereocenters. The van der Waals surface area contributed by atoms with Crippen LogP contribution in [0.2, 0.25) is 0 Å². The van der Waals surface area contributed by atoms with Crippen molar-refractivity contribution in [2.45, 2.75) is 25.8 Å². The van der Waals surface area contributed by atoms with Gasteiger partial charge >= 0.3 is 5.97 Å². The zero-order valence-electron chi connectivity index (χ0n) is 14.6. The van der Waals surface area contributed by atoms with E-state index in [1.807, 2.05) is 16.7 Å². The van der Waals surface area contributed by atoms with Crippen molar-refractivity contribution in [2.75, 3.05) is 6.61 Å². The van der Waals surface area contributed by atoms with Crippen LogP contribution in [0, 0.1) is 11.3 Å². The molecule has 0 spiro atoms. The molecule has 26 heavy (non-hydrogen) atoms. The first kappa shape index (κ1) is 17.5. The molecule has 1 aromatic carbocycles. The van der Waals surface area contributed by atoms with Crippen molar-refractivity contribution in [2.24, 2.45) is 0 Å². The lowest BCUT2D eigenvalue weighted by atomic mass is 9.73. The summed E-state index contributed by atoms with van der Waals surface area (Å²) in [4.78, 5) is 25.1. The Kier molecular flexibility index (Phi) is 4.39. The lowest BCUT2D eigenvalue weighted by molar-refractivity contribution is -0.147. The van der Waals surface area contributed by atoms with Gasteiger partial charge in [-0.2, -0.15) is 5.26 Å². The van der Waals surface area contributed by atoms with Crippen LogP contribution in [0.25, 0.3) is 10.9 Å². The number of aromatic nitrogens is 1. The summed E-state index contributed by atoms with van der Waals surface area (Å²) in [6.07, 6.45) is 2.88. The quantitative estimate of drug-likeness (QED) is 0.611. The van der Waals surface area contributed by atoms with Gasteiger partial charge in [0.15, 0.2) is 5.78 Å². The molecule has 0 saturated carbocycles. The van der Waals surface area contributed by atoms with Crippen molar-refractivity contribution in [3.05, 3.63) is 54.3 Å². The monoisotopic (exact) mass is 350 g/mol. The largest absolute Gasteiger partial charge is 0.464 e. The molecule has 1 aliphatic heterocycles. The molecule has 1 aliphatic rings. The minimum atomic E-state index is -1.87. The van der Waals surface area contributed by atoms with Crippen LogP contribution in [0.5, 0.6) is 5.88 Å². The SMILES string of the molecule is C=CCn1c2c(c3ccccc31)C(C#N)(C(=O)OCC)C(C(C)=O)=CO2. The third kappa shape index (κ3) is 2.25. The summed E-state index contributed by atoms with van der Waals surface area (Å²) in [5.41, 5.74) is -0.794. The smallest absolute Gasteiger partial charge is 0.336 e. The average molecular weight is 350 g/mol. The molecular weight excluding hydrogens is 332 g/mol. The molecule has 0 radical (unpaired) electrons. The van der Waals surface area contributed by atoms with Crippen LogP contribution in [0.1, 0.15) is 19.4 Å². The van der Waals surface area contributed by atoms with Gasteiger partial charge < -0.3 is 14.0 Å². The Morgan fingerprint density at radius 2 is 2.15 bits per heavy atom. The molecular formula is C20H18N2O4. The minimum absolute atomic E-state index is 0.0348. The number of allylic oxidation sites excluding steroid dienone is 1. The first-order valence-electron chi connectivity index (χ1n) is 8.22. The van der Waals surface area contributed by atoms with Gasteiger partial charge in [0.25, 0.3) is 0 Å². The Labute approximate surface area is 150 Å². The fraction of sp³-hybridized carbons (Fsp3) is 0.250. The first-order chi connectivity index (χ1) is 12.5. The summed E-state index contributed by atoms with van der Waals surface area (Å²) in [6.45, 7) is 7.22. The second kappa shape index (κ2) is 6.52. The number of hydrogen-bond donors (Lipinski definition) is 0. The van der Waals surface area contributed by atoms with Gasteiger partial charge in [-0.1, -0.05) is 24.3 Å². The van der Waals surface area contributed by atoms with E-state index in [0.29, 0.717) is 23.4 Å². The average Bonchev–Trinajstić information content (AvgIpc) is 2.96. The Balaban J connectivity index is 2.45. The molecule has 2 aromatic rings. The van der Waals surface area contributed by atoms with Crippen molar-refractivity contribution in [3.63, 3.8) is 0 Å². The van der Waals surface area contributed by atoms with Gasteiger partial charge in [0.2, 0.25) is 11.3 Å². The Morgan fingerprint density at radius 1 is 1.42 bits per heavy atom. The summed E-state index contributed by atoms with van der Waals surface area (Å²) in [5, 5.41) is 10.7. The lowest BCUT2D eigenvalue weighted by Crippen LogP contribution is -2.42. The third-order valence-electron chi connectivity index (χ3n) is 4.43.